The zero-order chi connectivity index (χ0) is 17.6. The minimum Gasteiger partial charge on any atom is -0.466 e. The lowest BCUT2D eigenvalue weighted by Crippen LogP contribution is -2.66. The summed E-state index contributed by atoms with van der Waals surface area (Å²) in [5.41, 5.74) is -2.95. The Morgan fingerprint density at radius 1 is 1.43 bits per heavy atom. The number of ketones is 1. The van der Waals surface area contributed by atoms with Crippen LogP contribution < -0.4 is 0 Å². The molecule has 23 heavy (non-hydrogen) atoms. The van der Waals surface area contributed by atoms with Gasteiger partial charge in [-0.1, -0.05) is 13.5 Å². The van der Waals surface area contributed by atoms with E-state index in [9.17, 15) is 30.0 Å². The summed E-state index contributed by atoms with van der Waals surface area (Å²) in [6.07, 6.45) is -2.53. The van der Waals surface area contributed by atoms with E-state index < -0.39 is 47.6 Å². The van der Waals surface area contributed by atoms with E-state index in [1.54, 1.807) is 6.92 Å². The van der Waals surface area contributed by atoms with Gasteiger partial charge in [0.25, 0.3) is 0 Å². The molecule has 130 valence electrons. The molecule has 0 bridgehead atoms. The number of methoxy groups -OCH3 is 1. The first-order valence-corrected chi connectivity index (χ1v) is 7.62. The Kier molecular flexibility index (Phi) is 4.69. The highest BCUT2D eigenvalue weighted by molar-refractivity contribution is 5.89. The van der Waals surface area contributed by atoms with Crippen LogP contribution in [0.4, 0.5) is 0 Å². The maximum atomic E-state index is 12.4. The summed E-state index contributed by atoms with van der Waals surface area (Å²) < 4.78 is 4.58. The van der Waals surface area contributed by atoms with Crippen molar-refractivity contribution >= 4 is 11.8 Å². The fourth-order valence-corrected chi connectivity index (χ4v) is 4.35. The fraction of sp³-hybridized carbons (Fsp3) is 0.750. The lowest BCUT2D eigenvalue weighted by Gasteiger charge is -2.56. The summed E-state index contributed by atoms with van der Waals surface area (Å²) in [5, 5.41) is 41.5. The third-order valence-electron chi connectivity index (χ3n) is 5.57. The quantitative estimate of drug-likeness (QED) is 0.393. The molecular formula is C16H24O7. The smallest absolute Gasteiger partial charge is 0.333 e. The predicted octanol–water partition coefficient (Wildman–Crippen LogP) is -0.834. The van der Waals surface area contributed by atoms with E-state index in [1.807, 2.05) is 0 Å². The molecule has 2 aliphatic rings. The van der Waals surface area contributed by atoms with E-state index in [0.29, 0.717) is 0 Å². The SMILES string of the molecule is C=C(C(=O)OC)[C@H]1[C@H](O)[C@@H]2[C@@](O)(CO)CCC(=O)[C@@]2(C)C[C@H]1O. The first-order valence-electron chi connectivity index (χ1n) is 7.62. The van der Waals surface area contributed by atoms with Crippen LogP contribution in [-0.2, 0) is 14.3 Å². The molecule has 0 radical (unpaired) electrons. The molecule has 0 unspecified atom stereocenters. The molecular weight excluding hydrogens is 304 g/mol. The zero-order valence-electron chi connectivity index (χ0n) is 13.4. The molecule has 0 spiro atoms. The number of aliphatic hydroxyl groups excluding tert-OH is 3. The highest BCUT2D eigenvalue weighted by Gasteiger charge is 2.63. The maximum absolute atomic E-state index is 12.4. The topological polar surface area (TPSA) is 124 Å². The monoisotopic (exact) mass is 328 g/mol. The Bertz CT molecular complexity index is 531. The van der Waals surface area contributed by atoms with E-state index in [1.165, 1.54) is 0 Å². The average molecular weight is 328 g/mol. The summed E-state index contributed by atoms with van der Waals surface area (Å²) in [5.74, 6) is -3.02. The van der Waals surface area contributed by atoms with Gasteiger partial charge >= 0.3 is 5.97 Å². The van der Waals surface area contributed by atoms with Gasteiger partial charge in [0.15, 0.2) is 0 Å². The maximum Gasteiger partial charge on any atom is 0.333 e. The second-order valence-electron chi connectivity index (χ2n) is 6.88. The minimum atomic E-state index is -1.66. The number of hydrogen-bond donors (Lipinski definition) is 4. The van der Waals surface area contributed by atoms with Crippen LogP contribution in [0.25, 0.3) is 0 Å². The van der Waals surface area contributed by atoms with Gasteiger partial charge in [-0.05, 0) is 12.8 Å². The van der Waals surface area contributed by atoms with Gasteiger partial charge in [0.1, 0.15) is 5.78 Å². The van der Waals surface area contributed by atoms with Crippen LogP contribution in [0.2, 0.25) is 0 Å². The van der Waals surface area contributed by atoms with Crippen LogP contribution in [0.1, 0.15) is 26.2 Å². The Hall–Kier alpha value is -1.28. The van der Waals surface area contributed by atoms with Crippen LogP contribution in [0.15, 0.2) is 12.2 Å². The summed E-state index contributed by atoms with van der Waals surface area (Å²) >= 11 is 0. The summed E-state index contributed by atoms with van der Waals surface area (Å²) in [6.45, 7) is 4.53. The second kappa shape index (κ2) is 5.98. The number of ether oxygens (including phenoxy) is 1. The van der Waals surface area contributed by atoms with E-state index in [2.05, 4.69) is 11.3 Å². The van der Waals surface area contributed by atoms with Crippen molar-refractivity contribution in [1.29, 1.82) is 0 Å². The van der Waals surface area contributed by atoms with E-state index in [0.717, 1.165) is 7.11 Å². The van der Waals surface area contributed by atoms with Gasteiger partial charge in [0.05, 0.1) is 31.5 Å². The Balaban J connectivity index is 2.47. The Morgan fingerprint density at radius 3 is 2.57 bits per heavy atom. The zero-order valence-corrected chi connectivity index (χ0v) is 13.4. The van der Waals surface area contributed by atoms with Gasteiger partial charge in [0, 0.05) is 29.2 Å². The van der Waals surface area contributed by atoms with E-state index >= 15 is 0 Å². The van der Waals surface area contributed by atoms with E-state index in [4.69, 9.17) is 0 Å². The molecule has 0 aliphatic heterocycles. The van der Waals surface area contributed by atoms with Crippen molar-refractivity contribution in [3.8, 4) is 0 Å². The molecule has 0 aromatic rings. The number of carbonyl (C=O) groups is 2. The molecule has 2 saturated carbocycles. The van der Waals surface area contributed by atoms with Crippen LogP contribution in [0, 0.1) is 17.3 Å². The van der Waals surface area contributed by atoms with Crippen LogP contribution in [0.3, 0.4) is 0 Å². The number of hydrogen-bond acceptors (Lipinski definition) is 7. The average Bonchev–Trinajstić information content (AvgIpc) is 2.49. The largest absolute Gasteiger partial charge is 0.466 e. The highest BCUT2D eigenvalue weighted by Crippen LogP contribution is 2.54. The summed E-state index contributed by atoms with van der Waals surface area (Å²) in [4.78, 5) is 24.1. The van der Waals surface area contributed by atoms with Crippen molar-refractivity contribution in [2.24, 2.45) is 17.3 Å². The highest BCUT2D eigenvalue weighted by atomic mass is 16.5. The van der Waals surface area contributed by atoms with Crippen molar-refractivity contribution in [3.05, 3.63) is 12.2 Å². The number of fused-ring (bicyclic) bond motifs is 1. The van der Waals surface area contributed by atoms with Gasteiger partial charge < -0.3 is 25.2 Å². The number of aliphatic hydroxyl groups is 4. The van der Waals surface area contributed by atoms with Crippen molar-refractivity contribution < 1.29 is 34.8 Å². The summed E-state index contributed by atoms with van der Waals surface area (Å²) in [6, 6.07) is 0. The minimum absolute atomic E-state index is 0.0210. The molecule has 4 N–H and O–H groups in total. The van der Waals surface area contributed by atoms with Crippen molar-refractivity contribution in [3.63, 3.8) is 0 Å². The lowest BCUT2D eigenvalue weighted by molar-refractivity contribution is -0.213. The van der Waals surface area contributed by atoms with Crippen LogP contribution >= 0.6 is 0 Å². The van der Waals surface area contributed by atoms with Crippen molar-refractivity contribution in [2.75, 3.05) is 13.7 Å². The van der Waals surface area contributed by atoms with E-state index in [-0.39, 0.29) is 30.6 Å². The van der Waals surface area contributed by atoms with Gasteiger partial charge in [0.2, 0.25) is 0 Å². The Labute approximate surface area is 134 Å². The molecule has 0 aromatic heterocycles. The standard InChI is InChI=1S/C16H24O7/c1-8(14(21)23-3)11-9(18)6-15(2)10(19)4-5-16(22,7-17)13(15)12(11)20/h9,11-13,17-18,20,22H,1,4-7H2,2-3H3/t9-,11-,12+,13+,15-,16+/m1/s1. The molecule has 7 nitrogen and oxygen atoms in total. The number of esters is 1. The number of rotatable bonds is 3. The molecule has 2 fully saturated rings. The number of carbonyl (C=O) groups excluding carboxylic acids is 2. The van der Waals surface area contributed by atoms with Crippen molar-refractivity contribution in [1.82, 2.24) is 0 Å². The molecule has 2 rings (SSSR count). The van der Waals surface area contributed by atoms with Gasteiger partial charge in [-0.25, -0.2) is 4.79 Å². The first kappa shape index (κ1) is 18.1. The normalized spacial score (nSPS) is 43.7. The first-order chi connectivity index (χ1) is 10.6. The molecule has 0 heterocycles. The molecule has 0 amide bonds. The van der Waals surface area contributed by atoms with Crippen molar-refractivity contribution in [2.45, 2.75) is 44.0 Å². The molecule has 2 aliphatic carbocycles. The fourth-order valence-electron chi connectivity index (χ4n) is 4.35. The molecule has 0 saturated heterocycles. The third kappa shape index (κ3) is 2.61. The molecule has 7 heteroatoms. The number of Topliss-reactive ketones (excluding diaryl/α,β-unsaturated/α-hetero) is 1. The predicted molar refractivity (Wildman–Crippen MR) is 79.2 cm³/mol. The van der Waals surface area contributed by atoms with Crippen LogP contribution in [-0.4, -0.2) is 63.7 Å². The van der Waals surface area contributed by atoms with Gasteiger partial charge in [-0.2, -0.15) is 0 Å². The van der Waals surface area contributed by atoms with Gasteiger partial charge in [-0.15, -0.1) is 0 Å². The summed E-state index contributed by atoms with van der Waals surface area (Å²) in [7, 11) is 1.16. The second-order valence-corrected chi connectivity index (χ2v) is 6.88. The van der Waals surface area contributed by atoms with Gasteiger partial charge in [-0.3, -0.25) is 4.79 Å². The lowest BCUT2D eigenvalue weighted by atomic mass is 9.50. The van der Waals surface area contributed by atoms with Crippen LogP contribution in [0.5, 0.6) is 0 Å². The molecule has 6 atom stereocenters. The Morgan fingerprint density at radius 2 is 2.04 bits per heavy atom. The third-order valence-corrected chi connectivity index (χ3v) is 5.57. The molecule has 0 aromatic carbocycles.